The quantitative estimate of drug-likeness (QED) is 0.567. The molecule has 0 heterocycles. The summed E-state index contributed by atoms with van der Waals surface area (Å²) in [5, 5.41) is 0. The summed E-state index contributed by atoms with van der Waals surface area (Å²) in [5.41, 5.74) is 9.55. The van der Waals surface area contributed by atoms with Gasteiger partial charge in [-0.25, -0.2) is 0 Å². The molecule has 3 nitrogen and oxygen atoms in total. The Morgan fingerprint density at radius 3 is 2.10 bits per heavy atom. The van der Waals surface area contributed by atoms with Crippen LogP contribution in [0.15, 0.2) is 27.1 Å². The van der Waals surface area contributed by atoms with E-state index >= 15 is 0 Å². The van der Waals surface area contributed by atoms with Crippen LogP contribution < -0.4 is 5.73 Å². The fraction of sp³-hybridized carbons (Fsp3) is 0.125. The van der Waals surface area contributed by atoms with Crippen molar-refractivity contribution < 1.29 is 9.59 Å². The standard InChI is InChI=1S/C16H11Br2NO2/c1-6-3-4-8(17)13-11(6)15(20)14-9(18)5-10(19)7(2)12(14)16(13)21/h3-5H,19H2,1-2H3. The minimum atomic E-state index is -0.166. The second-order valence-electron chi connectivity index (χ2n) is 5.10. The van der Waals surface area contributed by atoms with E-state index < -0.39 is 0 Å². The van der Waals surface area contributed by atoms with E-state index in [4.69, 9.17) is 5.73 Å². The van der Waals surface area contributed by atoms with E-state index in [1.54, 1.807) is 19.1 Å². The van der Waals surface area contributed by atoms with Crippen LogP contribution >= 0.6 is 31.9 Å². The van der Waals surface area contributed by atoms with Gasteiger partial charge in [0.05, 0.1) is 0 Å². The summed E-state index contributed by atoms with van der Waals surface area (Å²) < 4.78 is 1.19. The average molecular weight is 409 g/mol. The Balaban J connectivity index is 2.47. The van der Waals surface area contributed by atoms with Crippen LogP contribution in [0.1, 0.15) is 43.0 Å². The van der Waals surface area contributed by atoms with E-state index in [-0.39, 0.29) is 11.6 Å². The van der Waals surface area contributed by atoms with E-state index in [1.807, 2.05) is 13.0 Å². The smallest absolute Gasteiger partial charge is 0.196 e. The van der Waals surface area contributed by atoms with Crippen molar-refractivity contribution >= 4 is 49.1 Å². The molecular weight excluding hydrogens is 398 g/mol. The first-order valence-electron chi connectivity index (χ1n) is 6.31. The zero-order valence-electron chi connectivity index (χ0n) is 11.4. The Labute approximate surface area is 138 Å². The van der Waals surface area contributed by atoms with Crippen molar-refractivity contribution in [2.45, 2.75) is 13.8 Å². The zero-order valence-corrected chi connectivity index (χ0v) is 14.6. The van der Waals surface area contributed by atoms with Gasteiger partial charge in [-0.2, -0.15) is 0 Å². The summed E-state index contributed by atoms with van der Waals surface area (Å²) in [4.78, 5) is 25.8. The molecule has 2 aromatic carbocycles. The lowest BCUT2D eigenvalue weighted by Crippen LogP contribution is -2.24. The SMILES string of the molecule is Cc1ccc(Br)c2c1C(=O)c1c(Br)cc(N)c(C)c1C2=O. The predicted molar refractivity (Wildman–Crippen MR) is 89.0 cm³/mol. The summed E-state index contributed by atoms with van der Waals surface area (Å²) >= 11 is 6.75. The molecule has 0 spiro atoms. The maximum absolute atomic E-state index is 12.9. The van der Waals surface area contributed by atoms with Crippen molar-refractivity contribution in [3.63, 3.8) is 0 Å². The molecule has 0 atom stereocenters. The van der Waals surface area contributed by atoms with Gasteiger partial charge in [0.25, 0.3) is 0 Å². The molecule has 21 heavy (non-hydrogen) atoms. The van der Waals surface area contributed by atoms with Gasteiger partial charge in [-0.3, -0.25) is 9.59 Å². The largest absolute Gasteiger partial charge is 0.398 e. The Kier molecular flexibility index (Phi) is 3.30. The summed E-state index contributed by atoms with van der Waals surface area (Å²) in [6.45, 7) is 3.60. The van der Waals surface area contributed by atoms with Gasteiger partial charge in [0.1, 0.15) is 0 Å². The number of carbonyl (C=O) groups is 2. The first kappa shape index (κ1) is 14.5. The number of fused-ring (bicyclic) bond motifs is 2. The molecule has 0 aliphatic heterocycles. The Morgan fingerprint density at radius 1 is 0.857 bits per heavy atom. The minimum Gasteiger partial charge on any atom is -0.398 e. The van der Waals surface area contributed by atoms with Gasteiger partial charge in [0.2, 0.25) is 0 Å². The average Bonchev–Trinajstić information content (AvgIpc) is 2.42. The highest BCUT2D eigenvalue weighted by atomic mass is 79.9. The van der Waals surface area contributed by atoms with Gasteiger partial charge in [-0.15, -0.1) is 0 Å². The highest BCUT2D eigenvalue weighted by Gasteiger charge is 2.35. The van der Waals surface area contributed by atoms with Gasteiger partial charge in [-0.1, -0.05) is 22.0 Å². The molecule has 0 amide bonds. The first-order chi connectivity index (χ1) is 9.84. The van der Waals surface area contributed by atoms with Crippen LogP contribution in [0.4, 0.5) is 5.69 Å². The van der Waals surface area contributed by atoms with Crippen LogP contribution in [0.3, 0.4) is 0 Å². The first-order valence-corrected chi connectivity index (χ1v) is 7.90. The molecule has 0 saturated carbocycles. The second kappa shape index (κ2) is 4.78. The summed E-state index contributed by atoms with van der Waals surface area (Å²) in [5.74, 6) is -0.311. The van der Waals surface area contributed by atoms with Gasteiger partial charge >= 0.3 is 0 Å². The number of anilines is 1. The van der Waals surface area contributed by atoms with Crippen molar-refractivity contribution in [2.24, 2.45) is 0 Å². The minimum absolute atomic E-state index is 0.145. The zero-order chi connectivity index (χ0) is 15.5. The van der Waals surface area contributed by atoms with Crippen LogP contribution in [-0.2, 0) is 0 Å². The third kappa shape index (κ3) is 1.91. The Hall–Kier alpha value is -1.46. The van der Waals surface area contributed by atoms with E-state index in [1.165, 1.54) is 0 Å². The van der Waals surface area contributed by atoms with Crippen LogP contribution in [-0.4, -0.2) is 11.6 Å². The van der Waals surface area contributed by atoms with Crippen LogP contribution in [0, 0.1) is 13.8 Å². The number of hydrogen-bond acceptors (Lipinski definition) is 3. The number of carbonyl (C=O) groups excluding carboxylic acids is 2. The summed E-state index contributed by atoms with van der Waals surface area (Å²) in [7, 11) is 0. The molecule has 106 valence electrons. The number of ketones is 2. The second-order valence-corrected chi connectivity index (χ2v) is 6.80. The molecule has 0 bridgehead atoms. The van der Waals surface area contributed by atoms with Crippen molar-refractivity contribution in [3.8, 4) is 0 Å². The van der Waals surface area contributed by atoms with Gasteiger partial charge < -0.3 is 5.73 Å². The van der Waals surface area contributed by atoms with Crippen molar-refractivity contribution in [2.75, 3.05) is 5.73 Å². The lowest BCUT2D eigenvalue weighted by molar-refractivity contribution is 0.0977. The summed E-state index contributed by atoms with van der Waals surface area (Å²) in [6.07, 6.45) is 0. The maximum atomic E-state index is 12.9. The predicted octanol–water partition coefficient (Wildman–Crippen LogP) is 4.19. The Bertz CT molecular complexity index is 841. The molecule has 2 N–H and O–H groups in total. The lowest BCUT2D eigenvalue weighted by Gasteiger charge is -2.23. The van der Waals surface area contributed by atoms with E-state index in [2.05, 4.69) is 31.9 Å². The fourth-order valence-corrected chi connectivity index (χ4v) is 3.86. The molecule has 3 rings (SSSR count). The van der Waals surface area contributed by atoms with Crippen LogP contribution in [0.2, 0.25) is 0 Å². The van der Waals surface area contributed by atoms with Crippen LogP contribution in [0.25, 0.3) is 0 Å². The highest BCUT2D eigenvalue weighted by Crippen LogP contribution is 2.39. The van der Waals surface area contributed by atoms with E-state index in [0.29, 0.717) is 42.5 Å². The number of nitrogen functional groups attached to an aromatic ring is 1. The number of aryl methyl sites for hydroxylation is 1. The number of nitrogens with two attached hydrogens (primary N) is 1. The summed E-state index contributed by atoms with van der Waals surface area (Å²) in [6, 6.07) is 5.30. The van der Waals surface area contributed by atoms with Crippen molar-refractivity contribution in [1.29, 1.82) is 0 Å². The van der Waals surface area contributed by atoms with Crippen LogP contribution in [0.5, 0.6) is 0 Å². The number of hydrogen-bond donors (Lipinski definition) is 1. The Morgan fingerprint density at radius 2 is 1.43 bits per heavy atom. The van der Waals surface area contributed by atoms with Gasteiger partial charge in [0.15, 0.2) is 11.6 Å². The van der Waals surface area contributed by atoms with Gasteiger partial charge in [0, 0.05) is 36.9 Å². The lowest BCUT2D eigenvalue weighted by atomic mass is 9.80. The molecular formula is C16H11Br2NO2. The topological polar surface area (TPSA) is 60.2 Å². The maximum Gasteiger partial charge on any atom is 0.196 e. The molecule has 0 radical (unpaired) electrons. The molecule has 0 fully saturated rings. The molecule has 5 heteroatoms. The third-order valence-corrected chi connectivity index (χ3v) is 5.14. The number of benzene rings is 2. The molecule has 0 saturated heterocycles. The third-order valence-electron chi connectivity index (χ3n) is 3.85. The normalized spacial score (nSPS) is 13.1. The molecule has 1 aliphatic carbocycles. The monoisotopic (exact) mass is 407 g/mol. The molecule has 0 aromatic heterocycles. The number of halogens is 2. The van der Waals surface area contributed by atoms with Crippen molar-refractivity contribution in [1.82, 2.24) is 0 Å². The van der Waals surface area contributed by atoms with Gasteiger partial charge in [-0.05, 0) is 53.0 Å². The number of rotatable bonds is 0. The highest BCUT2D eigenvalue weighted by molar-refractivity contribution is 9.10. The molecule has 2 aromatic rings. The van der Waals surface area contributed by atoms with E-state index in [0.717, 1.165) is 5.56 Å². The molecule has 0 unspecified atom stereocenters. The van der Waals surface area contributed by atoms with Crippen molar-refractivity contribution in [3.05, 3.63) is 60.5 Å². The fourth-order valence-electron chi connectivity index (χ4n) is 2.72. The van der Waals surface area contributed by atoms with E-state index in [9.17, 15) is 9.59 Å². The molecule has 1 aliphatic rings.